The topological polar surface area (TPSA) is 55.1 Å². The molecule has 0 unspecified atom stereocenters. The highest BCUT2D eigenvalue weighted by atomic mass is 35.5. The van der Waals surface area contributed by atoms with E-state index >= 15 is 0 Å². The van der Waals surface area contributed by atoms with Crippen LogP contribution < -0.4 is 5.56 Å². The Hall–Kier alpha value is -2.89. The van der Waals surface area contributed by atoms with Crippen LogP contribution in [0.1, 0.15) is 45.8 Å². The summed E-state index contributed by atoms with van der Waals surface area (Å²) in [4.78, 5) is 20.0. The number of thiophene rings is 1. The minimum absolute atomic E-state index is 0.0408. The van der Waals surface area contributed by atoms with Gasteiger partial charge in [-0.2, -0.15) is 4.98 Å². The summed E-state index contributed by atoms with van der Waals surface area (Å²) in [5, 5.41) is 12.6. The molecule has 154 valence electrons. The summed E-state index contributed by atoms with van der Waals surface area (Å²) in [6, 6.07) is 15.2. The standard InChI is InChI=1S/C25H19ClN2O2S/c26-18-11-5-3-9-16(18)22(29)20-15-8-2-1-7-14(15)13-28-23(20)27-24(30)21-17-10-4-6-12-19(17)31-25(21)28/h1-3,5,7-9,11,29H,4,6,10,12-13H2/b22-20+. The Morgan fingerprint density at radius 3 is 2.71 bits per heavy atom. The second kappa shape index (κ2) is 7.08. The first-order valence-corrected chi connectivity index (χ1v) is 11.6. The molecule has 6 rings (SSSR count). The molecule has 2 aliphatic rings. The zero-order valence-corrected chi connectivity index (χ0v) is 18.3. The van der Waals surface area contributed by atoms with E-state index in [1.165, 1.54) is 10.4 Å². The Morgan fingerprint density at radius 2 is 1.84 bits per heavy atom. The predicted octanol–water partition coefficient (Wildman–Crippen LogP) is 5.83. The molecule has 3 heterocycles. The Labute approximate surface area is 188 Å². The number of aromatic nitrogens is 2. The smallest absolute Gasteiger partial charge is 0.282 e. The van der Waals surface area contributed by atoms with E-state index in [9.17, 15) is 9.90 Å². The van der Waals surface area contributed by atoms with Crippen molar-refractivity contribution in [3.05, 3.63) is 96.9 Å². The van der Waals surface area contributed by atoms with Crippen molar-refractivity contribution >= 4 is 44.5 Å². The first-order chi connectivity index (χ1) is 15.1. The van der Waals surface area contributed by atoms with Crippen molar-refractivity contribution in [3.8, 4) is 0 Å². The van der Waals surface area contributed by atoms with Crippen LogP contribution in [0.25, 0.3) is 21.5 Å². The van der Waals surface area contributed by atoms with Crippen molar-refractivity contribution in [1.29, 1.82) is 0 Å². The van der Waals surface area contributed by atoms with Crippen LogP contribution in [0.15, 0.2) is 53.3 Å². The molecule has 1 aliphatic carbocycles. The van der Waals surface area contributed by atoms with Crippen LogP contribution in [-0.2, 0) is 19.4 Å². The lowest BCUT2D eigenvalue weighted by molar-refractivity contribution is 0.512. The molecule has 4 nitrogen and oxygen atoms in total. The van der Waals surface area contributed by atoms with Gasteiger partial charge in [-0.05, 0) is 54.5 Å². The Bertz CT molecular complexity index is 1460. The molecule has 0 radical (unpaired) electrons. The average Bonchev–Trinajstić information content (AvgIpc) is 3.18. The normalized spacial score (nSPS) is 16.5. The molecule has 0 amide bonds. The average molecular weight is 447 g/mol. The number of aliphatic hydroxyl groups excluding tert-OH is 1. The molecular formula is C25H19ClN2O2S. The van der Waals surface area contributed by atoms with Gasteiger partial charge in [0.05, 0.1) is 22.5 Å². The largest absolute Gasteiger partial charge is 0.506 e. The van der Waals surface area contributed by atoms with Crippen LogP contribution in [0.2, 0.25) is 5.02 Å². The fraction of sp³-hybridized carbons (Fsp3) is 0.200. The molecule has 1 aliphatic heterocycles. The Kier molecular flexibility index (Phi) is 4.30. The van der Waals surface area contributed by atoms with Crippen LogP contribution in [0, 0.1) is 0 Å². The van der Waals surface area contributed by atoms with Gasteiger partial charge in [0.15, 0.2) is 0 Å². The lowest BCUT2D eigenvalue weighted by atomic mass is 9.92. The van der Waals surface area contributed by atoms with Crippen molar-refractivity contribution in [2.24, 2.45) is 0 Å². The van der Waals surface area contributed by atoms with Gasteiger partial charge in [-0.3, -0.25) is 4.79 Å². The van der Waals surface area contributed by atoms with E-state index in [-0.39, 0.29) is 11.3 Å². The molecule has 31 heavy (non-hydrogen) atoms. The Balaban J connectivity index is 1.72. The molecule has 6 heteroatoms. The number of aliphatic hydroxyl groups is 1. The minimum atomic E-state index is -0.204. The summed E-state index contributed by atoms with van der Waals surface area (Å²) >= 11 is 8.12. The van der Waals surface area contributed by atoms with Crippen LogP contribution in [0.3, 0.4) is 0 Å². The first-order valence-electron chi connectivity index (χ1n) is 10.5. The molecule has 2 aromatic carbocycles. The number of rotatable bonds is 1. The predicted molar refractivity (Wildman–Crippen MR) is 126 cm³/mol. The molecule has 1 N–H and O–H groups in total. The molecule has 0 saturated heterocycles. The van der Waals surface area contributed by atoms with Gasteiger partial charge in [-0.1, -0.05) is 48.0 Å². The third-order valence-electron chi connectivity index (χ3n) is 6.28. The van der Waals surface area contributed by atoms with Crippen LogP contribution in [-0.4, -0.2) is 14.7 Å². The van der Waals surface area contributed by atoms with Gasteiger partial charge >= 0.3 is 0 Å². The quantitative estimate of drug-likeness (QED) is 0.330. The fourth-order valence-electron chi connectivity index (χ4n) is 4.82. The van der Waals surface area contributed by atoms with E-state index in [1.54, 1.807) is 23.5 Å². The maximum atomic E-state index is 13.2. The number of aryl methyl sites for hydroxylation is 2. The molecule has 2 aromatic heterocycles. The SMILES string of the molecule is O=c1nc2n(c3sc4c(c13)CCCC4)Cc1ccccc1/C2=C(\O)c1ccccc1Cl. The van der Waals surface area contributed by atoms with E-state index in [2.05, 4.69) is 15.6 Å². The van der Waals surface area contributed by atoms with Crippen LogP contribution in [0.4, 0.5) is 0 Å². The minimum Gasteiger partial charge on any atom is -0.506 e. The van der Waals surface area contributed by atoms with E-state index in [1.807, 2.05) is 30.3 Å². The molecule has 0 spiro atoms. The number of benzene rings is 2. The first kappa shape index (κ1) is 18.8. The highest BCUT2D eigenvalue weighted by molar-refractivity contribution is 7.18. The van der Waals surface area contributed by atoms with Crippen LogP contribution in [0.5, 0.6) is 0 Å². The van der Waals surface area contributed by atoms with Gasteiger partial charge in [-0.15, -0.1) is 11.3 Å². The fourth-order valence-corrected chi connectivity index (χ4v) is 6.43. The summed E-state index contributed by atoms with van der Waals surface area (Å²) in [7, 11) is 0. The second-order valence-electron chi connectivity index (χ2n) is 8.08. The highest BCUT2D eigenvalue weighted by Gasteiger charge is 2.30. The third-order valence-corrected chi connectivity index (χ3v) is 7.92. The van der Waals surface area contributed by atoms with E-state index in [4.69, 9.17) is 11.6 Å². The summed E-state index contributed by atoms with van der Waals surface area (Å²) < 4.78 is 2.10. The second-order valence-corrected chi connectivity index (χ2v) is 9.57. The molecule has 0 saturated carbocycles. The monoisotopic (exact) mass is 446 g/mol. The zero-order chi connectivity index (χ0) is 21.1. The van der Waals surface area contributed by atoms with Crippen molar-refractivity contribution in [2.45, 2.75) is 32.2 Å². The van der Waals surface area contributed by atoms with Crippen molar-refractivity contribution in [2.75, 3.05) is 0 Å². The molecular weight excluding hydrogens is 428 g/mol. The van der Waals surface area contributed by atoms with Gasteiger partial charge in [0.2, 0.25) is 0 Å². The van der Waals surface area contributed by atoms with Crippen molar-refractivity contribution in [3.63, 3.8) is 0 Å². The summed E-state index contributed by atoms with van der Waals surface area (Å²) in [6.07, 6.45) is 4.24. The molecule has 4 aromatic rings. The van der Waals surface area contributed by atoms with Gasteiger partial charge in [0.25, 0.3) is 5.56 Å². The number of nitrogens with zero attached hydrogens (tertiary/aromatic N) is 2. The number of fused-ring (bicyclic) bond motifs is 6. The number of halogens is 1. The Morgan fingerprint density at radius 1 is 1.06 bits per heavy atom. The number of hydrogen-bond donors (Lipinski definition) is 1. The highest BCUT2D eigenvalue weighted by Crippen LogP contribution is 2.41. The molecule has 0 atom stereocenters. The molecule has 0 fully saturated rings. The van der Waals surface area contributed by atoms with Gasteiger partial charge in [0, 0.05) is 10.4 Å². The maximum Gasteiger partial charge on any atom is 0.282 e. The van der Waals surface area contributed by atoms with Crippen molar-refractivity contribution in [1.82, 2.24) is 9.55 Å². The van der Waals surface area contributed by atoms with Crippen molar-refractivity contribution < 1.29 is 5.11 Å². The van der Waals surface area contributed by atoms with E-state index in [0.717, 1.165) is 47.0 Å². The van der Waals surface area contributed by atoms with E-state index < -0.39 is 0 Å². The van der Waals surface area contributed by atoms with Crippen LogP contribution >= 0.6 is 22.9 Å². The number of hydrogen-bond acceptors (Lipinski definition) is 4. The third kappa shape index (κ3) is 2.80. The van der Waals surface area contributed by atoms with Gasteiger partial charge in [-0.25, -0.2) is 0 Å². The maximum absolute atomic E-state index is 13.2. The summed E-state index contributed by atoms with van der Waals surface area (Å²) in [6.45, 7) is 0.619. The van der Waals surface area contributed by atoms with Gasteiger partial charge in [0.1, 0.15) is 16.4 Å². The lowest BCUT2D eigenvalue weighted by Crippen LogP contribution is -2.23. The lowest BCUT2D eigenvalue weighted by Gasteiger charge is -2.25. The van der Waals surface area contributed by atoms with Gasteiger partial charge < -0.3 is 9.67 Å². The zero-order valence-electron chi connectivity index (χ0n) is 16.7. The summed E-state index contributed by atoms with van der Waals surface area (Å²) in [5.74, 6) is 0.547. The summed E-state index contributed by atoms with van der Waals surface area (Å²) in [5.41, 5.74) is 4.03. The molecule has 0 bridgehead atoms. The van der Waals surface area contributed by atoms with E-state index in [0.29, 0.717) is 28.5 Å².